The molecule has 1 aliphatic carbocycles. The Balaban J connectivity index is 1.59. The Labute approximate surface area is 152 Å². The fourth-order valence-corrected chi connectivity index (χ4v) is 3.48. The van der Waals surface area contributed by atoms with Crippen molar-refractivity contribution in [1.82, 2.24) is 10.6 Å². The highest BCUT2D eigenvalue weighted by molar-refractivity contribution is 6.00. The van der Waals surface area contributed by atoms with E-state index in [2.05, 4.69) is 10.6 Å². The van der Waals surface area contributed by atoms with Gasteiger partial charge in [-0.1, -0.05) is 42.5 Å². The molecule has 4 rings (SSSR count). The lowest BCUT2D eigenvalue weighted by Crippen LogP contribution is -2.46. The molecule has 26 heavy (non-hydrogen) atoms. The van der Waals surface area contributed by atoms with E-state index in [9.17, 15) is 9.59 Å². The first-order valence-corrected chi connectivity index (χ1v) is 8.81. The van der Waals surface area contributed by atoms with Crippen molar-refractivity contribution >= 4 is 11.8 Å². The number of allylic oxidation sites excluding steroid dienone is 1. The maximum Gasteiger partial charge on any atom is 0.319 e. The number of amides is 2. The molecule has 5 heteroatoms. The SMILES string of the molecule is O=C1NC2=C(C(=O)CCC2)C(c2cccc(OCc3ccccc3)c2)N1. The molecule has 0 fully saturated rings. The van der Waals surface area contributed by atoms with Crippen LogP contribution < -0.4 is 15.4 Å². The van der Waals surface area contributed by atoms with Gasteiger partial charge in [-0.05, 0) is 36.1 Å². The van der Waals surface area contributed by atoms with Gasteiger partial charge < -0.3 is 15.4 Å². The molecule has 2 aliphatic rings. The van der Waals surface area contributed by atoms with Crippen LogP contribution in [0.1, 0.15) is 36.4 Å². The van der Waals surface area contributed by atoms with Crippen molar-refractivity contribution in [2.24, 2.45) is 0 Å². The summed E-state index contributed by atoms with van der Waals surface area (Å²) in [6.45, 7) is 0.468. The molecule has 2 amide bonds. The van der Waals surface area contributed by atoms with Crippen LogP contribution in [-0.2, 0) is 11.4 Å². The zero-order valence-corrected chi connectivity index (χ0v) is 14.3. The lowest BCUT2D eigenvalue weighted by atomic mass is 9.85. The molecule has 0 aromatic heterocycles. The molecular formula is C21H20N2O3. The number of carbonyl (C=O) groups is 2. The first-order chi connectivity index (χ1) is 12.7. The summed E-state index contributed by atoms with van der Waals surface area (Å²) in [5, 5.41) is 5.67. The Hall–Kier alpha value is -3.08. The van der Waals surface area contributed by atoms with Crippen LogP contribution in [0.5, 0.6) is 5.75 Å². The second-order valence-corrected chi connectivity index (χ2v) is 6.55. The first-order valence-electron chi connectivity index (χ1n) is 8.81. The molecule has 2 aromatic carbocycles. The minimum Gasteiger partial charge on any atom is -0.489 e. The summed E-state index contributed by atoms with van der Waals surface area (Å²) in [7, 11) is 0. The van der Waals surface area contributed by atoms with E-state index in [4.69, 9.17) is 4.74 Å². The standard InChI is InChI=1S/C21H20N2O3/c24-18-11-5-10-17-19(18)20(23-21(25)22-17)15-8-4-9-16(12-15)26-13-14-6-2-1-3-7-14/h1-4,6-9,12,20H,5,10-11,13H2,(H2,22,23,25). The number of rotatable bonds is 4. The number of ketones is 1. The average Bonchev–Trinajstić information content (AvgIpc) is 2.67. The van der Waals surface area contributed by atoms with Crippen LogP contribution in [0.3, 0.4) is 0 Å². The second kappa shape index (κ2) is 7.04. The van der Waals surface area contributed by atoms with E-state index in [0.29, 0.717) is 24.4 Å². The summed E-state index contributed by atoms with van der Waals surface area (Å²) in [6, 6.07) is 16.8. The summed E-state index contributed by atoms with van der Waals surface area (Å²) in [5.74, 6) is 0.809. The minimum absolute atomic E-state index is 0.0966. The molecule has 1 atom stereocenters. The number of ether oxygens (including phenoxy) is 1. The molecule has 1 heterocycles. The van der Waals surface area contributed by atoms with Crippen LogP contribution in [0.4, 0.5) is 4.79 Å². The van der Waals surface area contributed by atoms with Crippen LogP contribution in [0.25, 0.3) is 0 Å². The highest BCUT2D eigenvalue weighted by atomic mass is 16.5. The molecule has 1 unspecified atom stereocenters. The number of hydrogen-bond donors (Lipinski definition) is 2. The van der Waals surface area contributed by atoms with E-state index in [0.717, 1.165) is 29.7 Å². The van der Waals surface area contributed by atoms with Crippen LogP contribution in [0, 0.1) is 0 Å². The maximum absolute atomic E-state index is 12.4. The number of carbonyl (C=O) groups excluding carboxylic acids is 2. The van der Waals surface area contributed by atoms with Gasteiger partial charge in [0.25, 0.3) is 0 Å². The van der Waals surface area contributed by atoms with Crippen molar-refractivity contribution < 1.29 is 14.3 Å². The van der Waals surface area contributed by atoms with Gasteiger partial charge in [-0.2, -0.15) is 0 Å². The van der Waals surface area contributed by atoms with Crippen molar-refractivity contribution in [1.29, 1.82) is 0 Å². The van der Waals surface area contributed by atoms with Gasteiger partial charge in [0.05, 0.1) is 6.04 Å². The molecule has 2 aromatic rings. The van der Waals surface area contributed by atoms with Gasteiger partial charge in [0, 0.05) is 17.7 Å². The number of urea groups is 1. The average molecular weight is 348 g/mol. The molecule has 0 spiro atoms. The second-order valence-electron chi connectivity index (χ2n) is 6.55. The Morgan fingerprint density at radius 2 is 1.85 bits per heavy atom. The number of nitrogens with one attached hydrogen (secondary N) is 2. The Kier molecular flexibility index (Phi) is 4.44. The van der Waals surface area contributed by atoms with E-state index in [1.165, 1.54) is 0 Å². The summed E-state index contributed by atoms with van der Waals surface area (Å²) in [5.41, 5.74) is 3.37. The van der Waals surface area contributed by atoms with Gasteiger partial charge in [0.1, 0.15) is 12.4 Å². The number of hydrogen-bond acceptors (Lipinski definition) is 3. The maximum atomic E-state index is 12.4. The Morgan fingerprint density at radius 1 is 1.00 bits per heavy atom. The van der Waals surface area contributed by atoms with Crippen LogP contribution in [0.2, 0.25) is 0 Å². The van der Waals surface area contributed by atoms with Crippen LogP contribution in [-0.4, -0.2) is 11.8 Å². The third-order valence-corrected chi connectivity index (χ3v) is 4.72. The van der Waals surface area contributed by atoms with Gasteiger partial charge in [-0.25, -0.2) is 4.79 Å². The quantitative estimate of drug-likeness (QED) is 0.887. The van der Waals surface area contributed by atoms with E-state index >= 15 is 0 Å². The summed E-state index contributed by atoms with van der Waals surface area (Å²) >= 11 is 0. The van der Waals surface area contributed by atoms with E-state index in [-0.39, 0.29) is 11.8 Å². The van der Waals surface area contributed by atoms with Crippen LogP contribution >= 0.6 is 0 Å². The van der Waals surface area contributed by atoms with Crippen molar-refractivity contribution in [3.05, 3.63) is 77.0 Å². The van der Waals surface area contributed by atoms with Gasteiger partial charge in [0.2, 0.25) is 0 Å². The monoisotopic (exact) mass is 348 g/mol. The predicted molar refractivity (Wildman–Crippen MR) is 97.5 cm³/mol. The van der Waals surface area contributed by atoms with E-state index < -0.39 is 6.04 Å². The summed E-state index contributed by atoms with van der Waals surface area (Å²) in [6.07, 6.45) is 2.04. The molecule has 0 radical (unpaired) electrons. The van der Waals surface area contributed by atoms with Crippen molar-refractivity contribution in [2.45, 2.75) is 31.9 Å². The van der Waals surface area contributed by atoms with E-state index in [1.807, 2.05) is 54.6 Å². The first kappa shape index (κ1) is 16.4. The molecule has 0 saturated heterocycles. The molecule has 5 nitrogen and oxygen atoms in total. The minimum atomic E-state index is -0.424. The van der Waals surface area contributed by atoms with Crippen molar-refractivity contribution in [3.8, 4) is 5.75 Å². The van der Waals surface area contributed by atoms with Crippen LogP contribution in [0.15, 0.2) is 65.9 Å². The summed E-state index contributed by atoms with van der Waals surface area (Å²) in [4.78, 5) is 24.4. The van der Waals surface area contributed by atoms with Crippen molar-refractivity contribution in [2.75, 3.05) is 0 Å². The largest absolute Gasteiger partial charge is 0.489 e. The highest BCUT2D eigenvalue weighted by Crippen LogP contribution is 2.34. The Bertz CT molecular complexity index is 874. The molecule has 0 bridgehead atoms. The lowest BCUT2D eigenvalue weighted by Gasteiger charge is -2.32. The van der Waals surface area contributed by atoms with Gasteiger partial charge in [-0.3, -0.25) is 4.79 Å². The third-order valence-electron chi connectivity index (χ3n) is 4.72. The normalized spacial score (nSPS) is 19.5. The lowest BCUT2D eigenvalue weighted by molar-refractivity contribution is -0.116. The zero-order chi connectivity index (χ0) is 17.9. The molecule has 132 valence electrons. The molecular weight excluding hydrogens is 328 g/mol. The van der Waals surface area contributed by atoms with Crippen molar-refractivity contribution in [3.63, 3.8) is 0 Å². The van der Waals surface area contributed by atoms with Gasteiger partial charge in [0.15, 0.2) is 5.78 Å². The number of benzene rings is 2. The Morgan fingerprint density at radius 3 is 2.69 bits per heavy atom. The topological polar surface area (TPSA) is 67.4 Å². The predicted octanol–water partition coefficient (Wildman–Crippen LogP) is 3.63. The molecule has 1 aliphatic heterocycles. The summed E-state index contributed by atoms with van der Waals surface area (Å²) < 4.78 is 5.88. The smallest absolute Gasteiger partial charge is 0.319 e. The van der Waals surface area contributed by atoms with Gasteiger partial charge in [-0.15, -0.1) is 0 Å². The molecule has 2 N–H and O–H groups in total. The van der Waals surface area contributed by atoms with E-state index in [1.54, 1.807) is 0 Å². The number of Topliss-reactive ketones (excluding diaryl/α,β-unsaturated/α-hetero) is 1. The third kappa shape index (κ3) is 3.33. The fraction of sp³-hybridized carbons (Fsp3) is 0.238. The zero-order valence-electron chi connectivity index (χ0n) is 14.3. The molecule has 0 saturated carbocycles. The fourth-order valence-electron chi connectivity index (χ4n) is 3.48. The highest BCUT2D eigenvalue weighted by Gasteiger charge is 2.34. The van der Waals surface area contributed by atoms with Gasteiger partial charge >= 0.3 is 6.03 Å².